The highest BCUT2D eigenvalue weighted by Gasteiger charge is 2.61. The van der Waals surface area contributed by atoms with Crippen molar-refractivity contribution in [3.63, 3.8) is 0 Å². The molecular formula is C21H41NO4Si. The SMILES string of the molecule is CC(C)[Si](O[C@@H]1C(=O)N(C(=O)OC(C)(C)C)[C@@H]1C(C)(C)C)(C(C)C)C(C)C. The van der Waals surface area contributed by atoms with Gasteiger partial charge in [0.25, 0.3) is 5.91 Å². The van der Waals surface area contributed by atoms with Crippen molar-refractivity contribution in [3.05, 3.63) is 0 Å². The molecule has 1 rings (SSSR count). The zero-order chi connectivity index (χ0) is 21.5. The monoisotopic (exact) mass is 399 g/mol. The van der Waals surface area contributed by atoms with E-state index in [1.54, 1.807) is 0 Å². The largest absolute Gasteiger partial charge is 0.443 e. The van der Waals surface area contributed by atoms with Gasteiger partial charge in [-0.1, -0.05) is 62.3 Å². The molecule has 0 N–H and O–H groups in total. The highest BCUT2D eigenvalue weighted by Crippen LogP contribution is 2.47. The van der Waals surface area contributed by atoms with Crippen LogP contribution in [0, 0.1) is 5.41 Å². The minimum absolute atomic E-state index is 0.261. The maximum absolute atomic E-state index is 13.0. The first kappa shape index (κ1) is 24.2. The van der Waals surface area contributed by atoms with Gasteiger partial charge >= 0.3 is 6.09 Å². The number of likely N-dealkylation sites (tertiary alicyclic amines) is 1. The summed E-state index contributed by atoms with van der Waals surface area (Å²) >= 11 is 0. The van der Waals surface area contributed by atoms with Crippen LogP contribution < -0.4 is 0 Å². The van der Waals surface area contributed by atoms with E-state index < -0.39 is 26.1 Å². The van der Waals surface area contributed by atoms with Gasteiger partial charge in [-0.05, 0) is 42.8 Å². The Labute approximate surface area is 167 Å². The van der Waals surface area contributed by atoms with Crippen LogP contribution in [0.4, 0.5) is 4.79 Å². The van der Waals surface area contributed by atoms with Gasteiger partial charge in [-0.3, -0.25) is 4.79 Å². The summed E-state index contributed by atoms with van der Waals surface area (Å²) in [6, 6.07) is -0.317. The molecule has 1 fully saturated rings. The van der Waals surface area contributed by atoms with E-state index in [0.29, 0.717) is 16.6 Å². The molecule has 0 unspecified atom stereocenters. The standard InChI is InChI=1S/C21H41NO4Si/c1-13(2)27(14(3)4,15(5)6)26-16-17(20(7,8)9)22(18(16)23)19(24)25-21(10,11)12/h13-17H,1-12H3/t16-,17-/m0/s1. The summed E-state index contributed by atoms with van der Waals surface area (Å²) in [4.78, 5) is 26.9. The minimum atomic E-state index is -2.23. The van der Waals surface area contributed by atoms with Crippen LogP contribution in [0.1, 0.15) is 83.1 Å². The third-order valence-corrected chi connectivity index (χ3v) is 11.6. The summed E-state index contributed by atoms with van der Waals surface area (Å²) in [5, 5.41) is 0. The van der Waals surface area contributed by atoms with Crippen LogP contribution in [-0.4, -0.2) is 43.0 Å². The van der Waals surface area contributed by atoms with E-state index in [1.165, 1.54) is 4.90 Å². The smallest absolute Gasteiger partial charge is 0.417 e. The van der Waals surface area contributed by atoms with Crippen LogP contribution >= 0.6 is 0 Å². The van der Waals surface area contributed by atoms with Gasteiger partial charge in [0.2, 0.25) is 8.32 Å². The van der Waals surface area contributed by atoms with E-state index in [4.69, 9.17) is 9.16 Å². The number of nitrogens with zero attached hydrogens (tertiary/aromatic N) is 1. The quantitative estimate of drug-likeness (QED) is 0.437. The fourth-order valence-electron chi connectivity index (χ4n) is 4.56. The molecule has 2 amide bonds. The van der Waals surface area contributed by atoms with Crippen LogP contribution in [0.5, 0.6) is 0 Å². The van der Waals surface area contributed by atoms with Crippen LogP contribution in [0.25, 0.3) is 0 Å². The van der Waals surface area contributed by atoms with Gasteiger partial charge in [0.1, 0.15) is 11.7 Å². The number of carbonyl (C=O) groups excluding carboxylic acids is 2. The lowest BCUT2D eigenvalue weighted by molar-refractivity contribution is -0.170. The summed E-state index contributed by atoms with van der Waals surface area (Å²) < 4.78 is 12.2. The van der Waals surface area contributed by atoms with Gasteiger partial charge in [0, 0.05) is 0 Å². The molecule has 1 aliphatic heterocycles. The Kier molecular flexibility index (Phi) is 7.03. The lowest BCUT2D eigenvalue weighted by Crippen LogP contribution is -2.74. The number of ether oxygens (including phenoxy) is 1. The van der Waals surface area contributed by atoms with Crippen molar-refractivity contribution in [3.8, 4) is 0 Å². The van der Waals surface area contributed by atoms with E-state index >= 15 is 0 Å². The van der Waals surface area contributed by atoms with Gasteiger partial charge in [-0.2, -0.15) is 0 Å². The predicted molar refractivity (Wildman–Crippen MR) is 112 cm³/mol. The van der Waals surface area contributed by atoms with Crippen molar-refractivity contribution in [2.24, 2.45) is 5.41 Å². The van der Waals surface area contributed by atoms with Gasteiger partial charge in [0.05, 0.1) is 6.04 Å². The van der Waals surface area contributed by atoms with Crippen LogP contribution in [-0.2, 0) is 14.0 Å². The van der Waals surface area contributed by atoms with Crippen molar-refractivity contribution < 1.29 is 18.8 Å². The molecule has 0 radical (unpaired) electrons. The van der Waals surface area contributed by atoms with Gasteiger partial charge in [0.15, 0.2) is 0 Å². The second kappa shape index (κ2) is 7.86. The molecule has 158 valence electrons. The molecule has 27 heavy (non-hydrogen) atoms. The van der Waals surface area contributed by atoms with E-state index in [-0.39, 0.29) is 17.4 Å². The number of hydrogen-bond acceptors (Lipinski definition) is 4. The molecule has 1 aliphatic rings. The molecule has 0 spiro atoms. The van der Waals surface area contributed by atoms with E-state index in [2.05, 4.69) is 41.5 Å². The first-order chi connectivity index (χ1) is 12.0. The summed E-state index contributed by atoms with van der Waals surface area (Å²) in [7, 11) is -2.23. The summed E-state index contributed by atoms with van der Waals surface area (Å²) in [6.45, 7) is 24.8. The summed E-state index contributed by atoms with van der Waals surface area (Å²) in [5.74, 6) is -0.261. The molecule has 1 heterocycles. The highest BCUT2D eigenvalue weighted by atomic mass is 28.4. The van der Waals surface area contributed by atoms with Gasteiger partial charge < -0.3 is 9.16 Å². The third-order valence-electron chi connectivity index (χ3n) is 5.56. The maximum atomic E-state index is 13.0. The van der Waals surface area contributed by atoms with E-state index in [9.17, 15) is 9.59 Å². The highest BCUT2D eigenvalue weighted by molar-refractivity contribution is 6.77. The van der Waals surface area contributed by atoms with E-state index in [0.717, 1.165) is 0 Å². The Hall–Kier alpha value is -0.883. The molecule has 0 aromatic rings. The second-order valence-corrected chi connectivity index (χ2v) is 16.3. The average molecular weight is 400 g/mol. The number of amides is 2. The number of imide groups is 1. The Morgan fingerprint density at radius 3 is 1.63 bits per heavy atom. The fourth-order valence-corrected chi connectivity index (χ4v) is 10.0. The van der Waals surface area contributed by atoms with Crippen molar-refractivity contribution in [2.75, 3.05) is 0 Å². The predicted octanol–water partition coefficient (Wildman–Crippen LogP) is 5.74. The molecule has 0 bridgehead atoms. The molecule has 0 aliphatic carbocycles. The molecule has 5 nitrogen and oxygen atoms in total. The average Bonchev–Trinajstić information content (AvgIpc) is 2.40. The first-order valence-corrected chi connectivity index (χ1v) is 12.3. The molecule has 0 aromatic heterocycles. The zero-order valence-corrected chi connectivity index (χ0v) is 20.5. The summed E-state index contributed by atoms with van der Waals surface area (Å²) in [6.07, 6.45) is -1.14. The molecule has 0 saturated carbocycles. The molecule has 2 atom stereocenters. The first-order valence-electron chi connectivity index (χ1n) is 10.2. The third kappa shape index (κ3) is 4.76. The van der Waals surface area contributed by atoms with Crippen molar-refractivity contribution in [2.45, 2.75) is 117 Å². The normalized spacial score (nSPS) is 21.9. The lowest BCUT2D eigenvalue weighted by Gasteiger charge is -2.55. The van der Waals surface area contributed by atoms with E-state index in [1.807, 2.05) is 41.5 Å². The molecular weight excluding hydrogens is 358 g/mol. The zero-order valence-electron chi connectivity index (χ0n) is 19.5. The molecule has 0 aromatic carbocycles. The number of carbonyl (C=O) groups is 2. The topological polar surface area (TPSA) is 55.8 Å². The Morgan fingerprint density at radius 2 is 1.33 bits per heavy atom. The minimum Gasteiger partial charge on any atom is -0.443 e. The van der Waals surface area contributed by atoms with Crippen LogP contribution in [0.15, 0.2) is 0 Å². The number of rotatable bonds is 5. The van der Waals surface area contributed by atoms with Crippen molar-refractivity contribution in [1.29, 1.82) is 0 Å². The van der Waals surface area contributed by atoms with Crippen LogP contribution in [0.3, 0.4) is 0 Å². The summed E-state index contributed by atoms with van der Waals surface area (Å²) in [5.41, 5.74) is 0.197. The van der Waals surface area contributed by atoms with Gasteiger partial charge in [-0.25, -0.2) is 9.69 Å². The van der Waals surface area contributed by atoms with Crippen molar-refractivity contribution in [1.82, 2.24) is 4.90 Å². The van der Waals surface area contributed by atoms with Crippen LogP contribution in [0.2, 0.25) is 16.6 Å². The van der Waals surface area contributed by atoms with Gasteiger partial charge in [-0.15, -0.1) is 0 Å². The van der Waals surface area contributed by atoms with Crippen molar-refractivity contribution >= 4 is 20.3 Å². The maximum Gasteiger partial charge on any atom is 0.417 e. The Bertz CT molecular complexity index is 536. The fraction of sp³-hybridized carbons (Fsp3) is 0.905. The molecule has 6 heteroatoms. The lowest BCUT2D eigenvalue weighted by atomic mass is 9.77. The number of β-lactam (4-membered cyclic amide) rings is 1. The Morgan fingerprint density at radius 1 is 0.926 bits per heavy atom. The number of hydrogen-bond donors (Lipinski definition) is 0. The Balaban J connectivity index is 3.24. The molecule has 1 saturated heterocycles. The second-order valence-electron chi connectivity index (χ2n) is 10.9.